The van der Waals surface area contributed by atoms with Crippen molar-refractivity contribution in [3.63, 3.8) is 0 Å². The number of hydrogen-bond acceptors (Lipinski definition) is 4. The average Bonchev–Trinajstić information content (AvgIpc) is 2.87. The Balaban J connectivity index is 1.86. The fourth-order valence-electron chi connectivity index (χ4n) is 2.97. The molecule has 1 aromatic carbocycles. The third-order valence-corrected chi connectivity index (χ3v) is 4.89. The van der Waals surface area contributed by atoms with Gasteiger partial charge in [-0.05, 0) is 30.0 Å². The summed E-state index contributed by atoms with van der Waals surface area (Å²) in [6.45, 7) is 3.56. The van der Waals surface area contributed by atoms with Gasteiger partial charge < -0.3 is 10.2 Å². The molecule has 3 rings (SSSR count). The van der Waals surface area contributed by atoms with Gasteiger partial charge in [0, 0.05) is 26.2 Å². The van der Waals surface area contributed by atoms with Crippen LogP contribution < -0.4 is 15.4 Å². The molecule has 2 atom stereocenters. The van der Waals surface area contributed by atoms with Gasteiger partial charge in [-0.15, -0.1) is 0 Å². The van der Waals surface area contributed by atoms with Gasteiger partial charge in [0.15, 0.2) is 0 Å². The lowest BCUT2D eigenvalue weighted by Crippen LogP contribution is -2.26. The Labute approximate surface area is 111 Å². The second-order valence-electron chi connectivity index (χ2n) is 5.24. The van der Waals surface area contributed by atoms with Crippen LogP contribution in [0.25, 0.3) is 0 Å². The maximum absolute atomic E-state index is 14.0. The van der Waals surface area contributed by atoms with E-state index in [1.807, 2.05) is 4.90 Å². The monoisotopic (exact) mass is 285 g/mol. The van der Waals surface area contributed by atoms with Gasteiger partial charge in [0.25, 0.3) is 0 Å². The number of nitrogens with zero attached hydrogens (tertiary/aromatic N) is 1. The molecule has 0 aromatic heterocycles. The average molecular weight is 285 g/mol. The minimum Gasteiger partial charge on any atom is -0.368 e. The van der Waals surface area contributed by atoms with Gasteiger partial charge in [-0.1, -0.05) is 0 Å². The first kappa shape index (κ1) is 12.8. The Kier molecular flexibility index (Phi) is 2.99. The van der Waals surface area contributed by atoms with Crippen molar-refractivity contribution in [1.29, 1.82) is 0 Å². The largest absolute Gasteiger partial charge is 0.368 e. The Hall–Kier alpha value is -1.18. The smallest absolute Gasteiger partial charge is 0.238 e. The van der Waals surface area contributed by atoms with Crippen molar-refractivity contribution in [1.82, 2.24) is 5.32 Å². The maximum Gasteiger partial charge on any atom is 0.238 e. The van der Waals surface area contributed by atoms with Crippen LogP contribution in [0.5, 0.6) is 0 Å². The molecular weight excluding hydrogens is 269 g/mol. The van der Waals surface area contributed by atoms with Crippen LogP contribution in [0.3, 0.4) is 0 Å². The van der Waals surface area contributed by atoms with Crippen molar-refractivity contribution >= 4 is 15.7 Å². The van der Waals surface area contributed by atoms with Crippen molar-refractivity contribution in [3.8, 4) is 0 Å². The normalized spacial score (nSPS) is 26.7. The Bertz CT molecular complexity index is 593. The maximum atomic E-state index is 14.0. The molecule has 0 aliphatic carbocycles. The number of anilines is 1. The van der Waals surface area contributed by atoms with Crippen LogP contribution in [0.2, 0.25) is 0 Å². The van der Waals surface area contributed by atoms with Crippen LogP contribution in [0.4, 0.5) is 10.1 Å². The lowest BCUT2D eigenvalue weighted by Gasteiger charge is -2.20. The highest BCUT2D eigenvalue weighted by Gasteiger charge is 2.36. The molecule has 2 aliphatic rings. The lowest BCUT2D eigenvalue weighted by atomic mass is 10.0. The number of benzene rings is 1. The number of nitrogens with two attached hydrogens (primary N) is 1. The van der Waals surface area contributed by atoms with Gasteiger partial charge in [0.1, 0.15) is 5.82 Å². The molecule has 3 N–H and O–H groups in total. The third kappa shape index (κ3) is 2.33. The molecule has 7 heteroatoms. The van der Waals surface area contributed by atoms with Gasteiger partial charge in [-0.25, -0.2) is 17.9 Å². The molecule has 0 saturated carbocycles. The van der Waals surface area contributed by atoms with Gasteiger partial charge >= 0.3 is 0 Å². The predicted molar refractivity (Wildman–Crippen MR) is 69.8 cm³/mol. The van der Waals surface area contributed by atoms with E-state index in [4.69, 9.17) is 5.14 Å². The topological polar surface area (TPSA) is 75.4 Å². The highest BCUT2D eigenvalue weighted by molar-refractivity contribution is 7.89. The molecule has 0 amide bonds. The van der Waals surface area contributed by atoms with E-state index < -0.39 is 15.8 Å². The standard InChI is InChI=1S/C12H16FN3O2S/c13-11-3-10(19(14,17)18)1-2-12(11)16-6-8-4-15-5-9(8)7-16/h1-3,8-9,15H,4-7H2,(H2,14,17,18)/t8-,9+. The molecule has 104 valence electrons. The zero-order valence-corrected chi connectivity index (χ0v) is 11.2. The van der Waals surface area contributed by atoms with E-state index in [9.17, 15) is 12.8 Å². The second kappa shape index (κ2) is 4.43. The molecule has 2 saturated heterocycles. The highest BCUT2D eigenvalue weighted by Crippen LogP contribution is 2.32. The van der Waals surface area contributed by atoms with Crippen LogP contribution in [0, 0.1) is 17.7 Å². The molecule has 0 unspecified atom stereocenters. The molecule has 0 spiro atoms. The molecule has 19 heavy (non-hydrogen) atoms. The third-order valence-electron chi connectivity index (χ3n) is 3.98. The second-order valence-corrected chi connectivity index (χ2v) is 6.80. The summed E-state index contributed by atoms with van der Waals surface area (Å²) in [5.41, 5.74) is 0.460. The summed E-state index contributed by atoms with van der Waals surface area (Å²) >= 11 is 0. The predicted octanol–water partition coefficient (Wildman–Crippen LogP) is 0.129. The number of primary sulfonamides is 1. The van der Waals surface area contributed by atoms with Crippen molar-refractivity contribution in [2.24, 2.45) is 17.0 Å². The van der Waals surface area contributed by atoms with Crippen LogP contribution in [0.1, 0.15) is 0 Å². The number of hydrogen-bond donors (Lipinski definition) is 2. The van der Waals surface area contributed by atoms with Gasteiger partial charge in [0.05, 0.1) is 10.6 Å². The number of nitrogens with one attached hydrogen (secondary N) is 1. The fourth-order valence-corrected chi connectivity index (χ4v) is 3.50. The first-order valence-electron chi connectivity index (χ1n) is 6.23. The number of rotatable bonds is 2. The van der Waals surface area contributed by atoms with E-state index >= 15 is 0 Å². The van der Waals surface area contributed by atoms with Crippen molar-refractivity contribution in [2.75, 3.05) is 31.1 Å². The molecule has 0 bridgehead atoms. The van der Waals surface area contributed by atoms with Crippen molar-refractivity contribution in [2.45, 2.75) is 4.90 Å². The summed E-state index contributed by atoms with van der Waals surface area (Å²) in [5.74, 6) is 0.578. The zero-order chi connectivity index (χ0) is 13.6. The van der Waals surface area contributed by atoms with Crippen LogP contribution in [-0.2, 0) is 10.0 Å². The van der Waals surface area contributed by atoms with Gasteiger partial charge in [-0.2, -0.15) is 0 Å². The molecule has 2 heterocycles. The Morgan fingerprint density at radius 2 is 1.89 bits per heavy atom. The van der Waals surface area contributed by atoms with E-state index in [2.05, 4.69) is 5.32 Å². The van der Waals surface area contributed by atoms with Gasteiger partial charge in [-0.3, -0.25) is 0 Å². The SMILES string of the molecule is NS(=O)(=O)c1ccc(N2C[C@H]3CNC[C@H]3C2)c(F)c1. The van der Waals surface area contributed by atoms with E-state index in [1.54, 1.807) is 0 Å². The summed E-state index contributed by atoms with van der Waals surface area (Å²) in [7, 11) is -3.85. The number of halogens is 1. The highest BCUT2D eigenvalue weighted by atomic mass is 32.2. The molecule has 1 aromatic rings. The minimum absolute atomic E-state index is 0.185. The molecular formula is C12H16FN3O2S. The summed E-state index contributed by atoms with van der Waals surface area (Å²) in [6.07, 6.45) is 0. The molecule has 0 radical (unpaired) electrons. The molecule has 2 fully saturated rings. The summed E-state index contributed by atoms with van der Waals surface area (Å²) in [4.78, 5) is 1.80. The van der Waals surface area contributed by atoms with Crippen LogP contribution in [-0.4, -0.2) is 34.6 Å². The van der Waals surface area contributed by atoms with Crippen LogP contribution in [0.15, 0.2) is 23.1 Å². The first-order valence-corrected chi connectivity index (χ1v) is 7.78. The van der Waals surface area contributed by atoms with Crippen molar-refractivity contribution in [3.05, 3.63) is 24.0 Å². The van der Waals surface area contributed by atoms with E-state index in [-0.39, 0.29) is 4.90 Å². The van der Waals surface area contributed by atoms with E-state index in [1.165, 1.54) is 12.1 Å². The summed E-state index contributed by atoms with van der Waals surface area (Å²) in [6, 6.07) is 3.86. The van der Waals surface area contributed by atoms with Crippen LogP contribution >= 0.6 is 0 Å². The fraction of sp³-hybridized carbons (Fsp3) is 0.500. The quantitative estimate of drug-likeness (QED) is 0.810. The Morgan fingerprint density at radius 3 is 2.42 bits per heavy atom. The summed E-state index contributed by atoms with van der Waals surface area (Å²) < 4.78 is 36.4. The number of fused-ring (bicyclic) bond motifs is 1. The zero-order valence-electron chi connectivity index (χ0n) is 10.3. The van der Waals surface area contributed by atoms with E-state index in [0.29, 0.717) is 17.5 Å². The summed E-state index contributed by atoms with van der Waals surface area (Å²) in [5, 5.41) is 8.31. The molecule has 5 nitrogen and oxygen atoms in total. The number of sulfonamides is 1. The first-order chi connectivity index (χ1) is 8.95. The van der Waals surface area contributed by atoms with Gasteiger partial charge in [0.2, 0.25) is 10.0 Å². The van der Waals surface area contributed by atoms with Crippen molar-refractivity contribution < 1.29 is 12.8 Å². The molecule has 2 aliphatic heterocycles. The van der Waals surface area contributed by atoms with E-state index in [0.717, 1.165) is 32.2 Å². The Morgan fingerprint density at radius 1 is 1.26 bits per heavy atom. The minimum atomic E-state index is -3.85. The lowest BCUT2D eigenvalue weighted by molar-refractivity contribution is 0.533.